The number of fused-ring (bicyclic) bond motifs is 1. The minimum Gasteiger partial charge on any atom is -0.492 e. The van der Waals surface area contributed by atoms with Gasteiger partial charge in [-0.3, -0.25) is 4.98 Å². The summed E-state index contributed by atoms with van der Waals surface area (Å²) in [6.07, 6.45) is -2.77. The topological polar surface area (TPSA) is 31.4 Å². The lowest BCUT2D eigenvalue weighted by Gasteiger charge is -2.11. The van der Waals surface area contributed by atoms with Crippen LogP contribution in [0.3, 0.4) is 0 Å². The van der Waals surface area contributed by atoms with Crippen LogP contribution in [-0.2, 0) is 6.42 Å². The molecule has 0 unspecified atom stereocenters. The van der Waals surface area contributed by atoms with Crippen molar-refractivity contribution in [1.82, 2.24) is 4.98 Å². The second-order valence-electron chi connectivity index (χ2n) is 5.24. The maximum atomic E-state index is 13.7. The van der Waals surface area contributed by atoms with Crippen molar-refractivity contribution in [3.8, 4) is 11.5 Å². The van der Waals surface area contributed by atoms with Gasteiger partial charge in [0.25, 0.3) is 0 Å². The molecule has 1 aromatic heterocycles. The Balaban J connectivity index is 1.63. The summed E-state index contributed by atoms with van der Waals surface area (Å²) in [5.41, 5.74) is 1.02. The summed E-state index contributed by atoms with van der Waals surface area (Å²) in [4.78, 5) is 3.99. The highest BCUT2D eigenvalue weighted by molar-refractivity contribution is 5.85. The molecule has 3 aromatic rings. The van der Waals surface area contributed by atoms with E-state index in [0.29, 0.717) is 17.6 Å². The van der Waals surface area contributed by atoms with Crippen molar-refractivity contribution in [2.45, 2.75) is 12.8 Å². The minimum absolute atomic E-state index is 0.230. The van der Waals surface area contributed by atoms with Crippen LogP contribution in [0.5, 0.6) is 11.5 Å². The third-order valence-corrected chi connectivity index (χ3v) is 3.49. The number of para-hydroxylation sites is 1. The molecule has 0 amide bonds. The fraction of sp³-hybridized carbons (Fsp3) is 0.167. The fourth-order valence-electron chi connectivity index (χ4n) is 2.38. The predicted molar refractivity (Wildman–Crippen MR) is 84.0 cm³/mol. The molecule has 2 aromatic carbocycles. The van der Waals surface area contributed by atoms with Crippen LogP contribution in [0.2, 0.25) is 0 Å². The molecule has 0 saturated heterocycles. The molecule has 0 bridgehead atoms. The second-order valence-corrected chi connectivity index (χ2v) is 5.24. The van der Waals surface area contributed by atoms with Crippen molar-refractivity contribution >= 4 is 10.9 Å². The first kappa shape index (κ1) is 17.0. The molecule has 3 nitrogen and oxygen atoms in total. The van der Waals surface area contributed by atoms with E-state index in [-0.39, 0.29) is 17.9 Å². The molecule has 0 radical (unpaired) electrons. The molecule has 0 aliphatic carbocycles. The Morgan fingerprint density at radius 2 is 1.72 bits per heavy atom. The van der Waals surface area contributed by atoms with Gasteiger partial charge in [0.1, 0.15) is 22.8 Å². The van der Waals surface area contributed by atoms with Gasteiger partial charge in [0, 0.05) is 18.0 Å². The quantitative estimate of drug-likeness (QED) is 0.613. The van der Waals surface area contributed by atoms with Gasteiger partial charge in [0.05, 0.1) is 6.61 Å². The number of benzene rings is 2. The molecule has 0 N–H and O–H groups in total. The Bertz CT molecular complexity index is 863. The molecule has 0 spiro atoms. The summed E-state index contributed by atoms with van der Waals surface area (Å²) in [7, 11) is 0. The van der Waals surface area contributed by atoms with Crippen LogP contribution < -0.4 is 9.47 Å². The molecule has 3 rings (SSSR count). The van der Waals surface area contributed by atoms with Crippen molar-refractivity contribution in [3.63, 3.8) is 0 Å². The van der Waals surface area contributed by atoms with E-state index in [9.17, 15) is 17.6 Å². The molecular formula is C18H13F4NO2. The lowest BCUT2D eigenvalue weighted by molar-refractivity contribution is -0.274. The number of ether oxygens (including phenoxy) is 2. The van der Waals surface area contributed by atoms with E-state index in [1.54, 1.807) is 18.2 Å². The monoisotopic (exact) mass is 351 g/mol. The summed E-state index contributed by atoms with van der Waals surface area (Å²) < 4.78 is 59.5. The predicted octanol–water partition coefficient (Wildman–Crippen LogP) is 4.89. The number of rotatable bonds is 5. The Morgan fingerprint density at radius 1 is 0.960 bits per heavy atom. The van der Waals surface area contributed by atoms with Crippen molar-refractivity contribution in [2.75, 3.05) is 6.61 Å². The smallest absolute Gasteiger partial charge is 0.492 e. The summed E-state index contributed by atoms with van der Waals surface area (Å²) >= 11 is 0. The lowest BCUT2D eigenvalue weighted by Crippen LogP contribution is -2.17. The summed E-state index contributed by atoms with van der Waals surface area (Å²) in [6.45, 7) is 0.287. The second kappa shape index (κ2) is 6.96. The van der Waals surface area contributed by atoms with E-state index in [2.05, 4.69) is 9.72 Å². The minimum atomic E-state index is -4.71. The highest BCUT2D eigenvalue weighted by Gasteiger charge is 2.30. The van der Waals surface area contributed by atoms with Gasteiger partial charge in [0.15, 0.2) is 0 Å². The number of halogens is 4. The van der Waals surface area contributed by atoms with Gasteiger partial charge in [-0.2, -0.15) is 0 Å². The number of pyridine rings is 1. The van der Waals surface area contributed by atoms with Crippen molar-refractivity contribution < 1.29 is 27.0 Å². The number of hydrogen-bond acceptors (Lipinski definition) is 3. The van der Waals surface area contributed by atoms with Crippen LogP contribution in [-0.4, -0.2) is 18.0 Å². The van der Waals surface area contributed by atoms with Crippen LogP contribution >= 0.6 is 0 Å². The highest BCUT2D eigenvalue weighted by atomic mass is 19.4. The van der Waals surface area contributed by atoms with Gasteiger partial charge in [-0.1, -0.05) is 18.2 Å². The molecule has 0 aliphatic heterocycles. The van der Waals surface area contributed by atoms with E-state index in [1.165, 1.54) is 36.5 Å². The molecule has 130 valence electrons. The van der Waals surface area contributed by atoms with Gasteiger partial charge in [0.2, 0.25) is 0 Å². The first-order chi connectivity index (χ1) is 11.9. The Kier molecular flexibility index (Phi) is 4.74. The van der Waals surface area contributed by atoms with Crippen molar-refractivity contribution in [2.24, 2.45) is 0 Å². The molecule has 7 heteroatoms. The summed E-state index contributed by atoms with van der Waals surface area (Å²) in [5, 5.41) is 0.566. The Hall–Kier alpha value is -2.83. The zero-order chi connectivity index (χ0) is 17.9. The number of alkyl halides is 3. The van der Waals surface area contributed by atoms with Crippen molar-refractivity contribution in [3.05, 3.63) is 66.1 Å². The Morgan fingerprint density at radius 3 is 2.44 bits per heavy atom. The fourth-order valence-corrected chi connectivity index (χ4v) is 2.38. The van der Waals surface area contributed by atoms with Gasteiger partial charge in [-0.25, -0.2) is 4.39 Å². The molecular weight excluding hydrogens is 338 g/mol. The third kappa shape index (κ3) is 4.37. The van der Waals surface area contributed by atoms with E-state index < -0.39 is 12.2 Å². The van der Waals surface area contributed by atoms with Gasteiger partial charge in [-0.15, -0.1) is 13.2 Å². The number of aromatic nitrogens is 1. The molecule has 0 saturated carbocycles. The van der Waals surface area contributed by atoms with Crippen LogP contribution in [0.15, 0.2) is 54.7 Å². The van der Waals surface area contributed by atoms with E-state index >= 15 is 0 Å². The maximum absolute atomic E-state index is 13.7. The number of hydrogen-bond donors (Lipinski definition) is 0. The maximum Gasteiger partial charge on any atom is 0.573 e. The van der Waals surface area contributed by atoms with Crippen LogP contribution in [0.1, 0.15) is 5.56 Å². The average Bonchev–Trinajstić information content (AvgIpc) is 2.56. The van der Waals surface area contributed by atoms with E-state index in [4.69, 9.17) is 4.74 Å². The zero-order valence-corrected chi connectivity index (χ0v) is 12.9. The van der Waals surface area contributed by atoms with Gasteiger partial charge < -0.3 is 9.47 Å². The normalized spacial score (nSPS) is 11.5. The Labute approximate surface area is 140 Å². The summed E-state index contributed by atoms with van der Waals surface area (Å²) in [6, 6.07) is 11.8. The van der Waals surface area contributed by atoms with Crippen LogP contribution in [0, 0.1) is 5.82 Å². The largest absolute Gasteiger partial charge is 0.573 e. The van der Waals surface area contributed by atoms with Gasteiger partial charge >= 0.3 is 6.36 Å². The molecule has 0 aliphatic rings. The molecule has 0 atom stereocenters. The first-order valence-corrected chi connectivity index (χ1v) is 7.43. The van der Waals surface area contributed by atoms with Gasteiger partial charge in [-0.05, 0) is 35.9 Å². The van der Waals surface area contributed by atoms with Crippen LogP contribution in [0.25, 0.3) is 10.9 Å². The molecule has 1 heterocycles. The summed E-state index contributed by atoms with van der Waals surface area (Å²) in [5.74, 6) is -0.197. The zero-order valence-electron chi connectivity index (χ0n) is 12.9. The number of nitrogens with zero attached hydrogens (tertiary/aromatic N) is 1. The van der Waals surface area contributed by atoms with Crippen LogP contribution in [0.4, 0.5) is 17.6 Å². The molecule has 0 fully saturated rings. The van der Waals surface area contributed by atoms with E-state index in [1.807, 2.05) is 0 Å². The highest BCUT2D eigenvalue weighted by Crippen LogP contribution is 2.26. The SMILES string of the molecule is Fc1cccc2c(OCCc3ccc(OC(F)(F)F)cc3)ccnc12. The van der Waals surface area contributed by atoms with Crippen molar-refractivity contribution in [1.29, 1.82) is 0 Å². The van der Waals surface area contributed by atoms with E-state index in [0.717, 1.165) is 5.56 Å². The first-order valence-electron chi connectivity index (χ1n) is 7.43. The molecule has 25 heavy (non-hydrogen) atoms. The lowest BCUT2D eigenvalue weighted by atomic mass is 10.1. The third-order valence-electron chi connectivity index (χ3n) is 3.49. The standard InChI is InChI=1S/C18H13F4NO2/c19-15-3-1-2-14-16(8-10-23-17(14)15)24-11-9-12-4-6-13(7-5-12)25-18(20,21)22/h1-8,10H,9,11H2. The average molecular weight is 351 g/mol.